The summed E-state index contributed by atoms with van der Waals surface area (Å²) in [4.78, 5) is 12.2. The highest BCUT2D eigenvalue weighted by Gasteiger charge is 2.13. The zero-order valence-electron chi connectivity index (χ0n) is 12.5. The summed E-state index contributed by atoms with van der Waals surface area (Å²) in [7, 11) is 0. The molecule has 0 spiro atoms. The molecule has 0 aliphatic rings. The fraction of sp³-hybridized carbons (Fsp3) is 0.500. The molecule has 0 aromatic carbocycles. The van der Waals surface area contributed by atoms with E-state index in [2.05, 4.69) is 15.5 Å². The van der Waals surface area contributed by atoms with Gasteiger partial charge in [-0.15, -0.1) is 0 Å². The van der Waals surface area contributed by atoms with E-state index in [9.17, 15) is 4.79 Å². The fourth-order valence-corrected chi connectivity index (χ4v) is 2.15. The standard InChI is InChI=1S/C14H21N5O/c1-5-18-9-13(10(3)17-18)14(20)15-7-12-8-16-19(6-2)11(12)4/h8-9H,5-7H2,1-4H3,(H,15,20). The highest BCUT2D eigenvalue weighted by Crippen LogP contribution is 2.09. The molecule has 6 nitrogen and oxygen atoms in total. The number of carbonyl (C=O) groups is 1. The van der Waals surface area contributed by atoms with E-state index in [0.717, 1.165) is 30.0 Å². The number of hydrogen-bond donors (Lipinski definition) is 1. The molecule has 20 heavy (non-hydrogen) atoms. The molecule has 1 N–H and O–H groups in total. The van der Waals surface area contributed by atoms with Crippen LogP contribution in [0.5, 0.6) is 0 Å². The number of nitrogens with zero attached hydrogens (tertiary/aromatic N) is 4. The van der Waals surface area contributed by atoms with E-state index in [1.54, 1.807) is 17.1 Å². The Hall–Kier alpha value is -2.11. The van der Waals surface area contributed by atoms with E-state index in [0.29, 0.717) is 12.1 Å². The third-order valence-corrected chi connectivity index (χ3v) is 3.46. The van der Waals surface area contributed by atoms with Crippen LogP contribution in [0.4, 0.5) is 0 Å². The molecule has 0 saturated heterocycles. The minimum absolute atomic E-state index is 0.0918. The second kappa shape index (κ2) is 5.90. The summed E-state index contributed by atoms with van der Waals surface area (Å²) in [5, 5.41) is 11.5. The Morgan fingerprint density at radius 2 is 2.05 bits per heavy atom. The number of carbonyl (C=O) groups excluding carboxylic acids is 1. The SMILES string of the molecule is CCn1cc(C(=O)NCc2cnn(CC)c2C)c(C)n1. The molecule has 0 radical (unpaired) electrons. The van der Waals surface area contributed by atoms with Crippen LogP contribution in [-0.2, 0) is 19.6 Å². The van der Waals surface area contributed by atoms with Gasteiger partial charge in [-0.2, -0.15) is 10.2 Å². The van der Waals surface area contributed by atoms with Gasteiger partial charge in [-0.25, -0.2) is 0 Å². The maximum Gasteiger partial charge on any atom is 0.255 e. The minimum Gasteiger partial charge on any atom is -0.348 e. The second-order valence-electron chi connectivity index (χ2n) is 4.74. The van der Waals surface area contributed by atoms with Gasteiger partial charge in [0.15, 0.2) is 0 Å². The first kappa shape index (κ1) is 14.3. The van der Waals surface area contributed by atoms with Crippen molar-refractivity contribution in [2.45, 2.75) is 47.3 Å². The molecule has 0 aliphatic carbocycles. The predicted octanol–water partition coefficient (Wildman–Crippen LogP) is 1.67. The zero-order valence-corrected chi connectivity index (χ0v) is 12.5. The first-order valence-electron chi connectivity index (χ1n) is 6.90. The van der Waals surface area contributed by atoms with Crippen molar-refractivity contribution >= 4 is 5.91 Å². The Labute approximate surface area is 118 Å². The van der Waals surface area contributed by atoms with Gasteiger partial charge < -0.3 is 5.32 Å². The number of nitrogens with one attached hydrogen (secondary N) is 1. The van der Waals surface area contributed by atoms with Crippen LogP contribution in [-0.4, -0.2) is 25.5 Å². The van der Waals surface area contributed by atoms with Crippen LogP contribution in [0.1, 0.15) is 41.2 Å². The average Bonchev–Trinajstić information content (AvgIpc) is 2.99. The van der Waals surface area contributed by atoms with Crippen molar-refractivity contribution in [3.63, 3.8) is 0 Å². The zero-order chi connectivity index (χ0) is 14.7. The lowest BCUT2D eigenvalue weighted by atomic mass is 10.2. The highest BCUT2D eigenvalue weighted by molar-refractivity contribution is 5.94. The third kappa shape index (κ3) is 2.74. The molecule has 1 amide bonds. The Kier molecular flexibility index (Phi) is 4.22. The van der Waals surface area contributed by atoms with Crippen LogP contribution in [0.2, 0.25) is 0 Å². The average molecular weight is 275 g/mol. The van der Waals surface area contributed by atoms with Gasteiger partial charge in [0.05, 0.1) is 17.5 Å². The van der Waals surface area contributed by atoms with Crippen molar-refractivity contribution in [1.82, 2.24) is 24.9 Å². The van der Waals surface area contributed by atoms with Crippen molar-refractivity contribution < 1.29 is 4.79 Å². The summed E-state index contributed by atoms with van der Waals surface area (Å²) in [6.45, 7) is 9.99. The van der Waals surface area contributed by atoms with Crippen LogP contribution in [0.3, 0.4) is 0 Å². The van der Waals surface area contributed by atoms with E-state index in [1.165, 1.54) is 0 Å². The van der Waals surface area contributed by atoms with Crippen molar-refractivity contribution in [3.8, 4) is 0 Å². The van der Waals surface area contributed by atoms with Crippen LogP contribution in [0, 0.1) is 13.8 Å². The first-order chi connectivity index (χ1) is 9.56. The van der Waals surface area contributed by atoms with Crippen LogP contribution in [0.15, 0.2) is 12.4 Å². The quantitative estimate of drug-likeness (QED) is 0.902. The topological polar surface area (TPSA) is 64.7 Å². The summed E-state index contributed by atoms with van der Waals surface area (Å²) in [6, 6.07) is 0. The molecular weight excluding hydrogens is 254 g/mol. The number of amides is 1. The fourth-order valence-electron chi connectivity index (χ4n) is 2.15. The Balaban J connectivity index is 2.04. The van der Waals surface area contributed by atoms with Gasteiger partial charge in [-0.1, -0.05) is 0 Å². The van der Waals surface area contributed by atoms with Gasteiger partial charge in [0.2, 0.25) is 0 Å². The lowest BCUT2D eigenvalue weighted by molar-refractivity contribution is 0.0950. The largest absolute Gasteiger partial charge is 0.348 e. The number of hydrogen-bond acceptors (Lipinski definition) is 3. The Morgan fingerprint density at radius 3 is 2.60 bits per heavy atom. The lowest BCUT2D eigenvalue weighted by Gasteiger charge is -2.04. The summed E-state index contributed by atoms with van der Waals surface area (Å²) in [5.74, 6) is -0.0918. The normalized spacial score (nSPS) is 10.8. The summed E-state index contributed by atoms with van der Waals surface area (Å²) in [5.41, 5.74) is 3.52. The monoisotopic (exact) mass is 275 g/mol. The molecule has 2 rings (SSSR count). The summed E-state index contributed by atoms with van der Waals surface area (Å²) >= 11 is 0. The molecule has 2 aromatic heterocycles. The second-order valence-corrected chi connectivity index (χ2v) is 4.74. The molecule has 0 saturated carbocycles. The molecule has 6 heteroatoms. The van der Waals surface area contributed by atoms with Gasteiger partial charge in [-0.05, 0) is 27.7 Å². The van der Waals surface area contributed by atoms with E-state index >= 15 is 0 Å². The molecular formula is C14H21N5O. The van der Waals surface area contributed by atoms with Gasteiger partial charge >= 0.3 is 0 Å². The molecule has 0 fully saturated rings. The van der Waals surface area contributed by atoms with Gasteiger partial charge in [0.1, 0.15) is 0 Å². The maximum atomic E-state index is 12.2. The van der Waals surface area contributed by atoms with Crippen LogP contribution in [0.25, 0.3) is 0 Å². The van der Waals surface area contributed by atoms with Gasteiger partial charge in [-0.3, -0.25) is 14.2 Å². The third-order valence-electron chi connectivity index (χ3n) is 3.46. The van der Waals surface area contributed by atoms with Crippen LogP contribution >= 0.6 is 0 Å². The van der Waals surface area contributed by atoms with E-state index in [1.807, 2.05) is 32.4 Å². The van der Waals surface area contributed by atoms with E-state index < -0.39 is 0 Å². The predicted molar refractivity (Wildman–Crippen MR) is 76.4 cm³/mol. The molecule has 2 heterocycles. The van der Waals surface area contributed by atoms with Crippen molar-refractivity contribution in [3.05, 3.63) is 34.9 Å². The Morgan fingerprint density at radius 1 is 1.30 bits per heavy atom. The number of rotatable bonds is 5. The lowest BCUT2D eigenvalue weighted by Crippen LogP contribution is -2.23. The van der Waals surface area contributed by atoms with Gasteiger partial charge in [0.25, 0.3) is 5.91 Å². The van der Waals surface area contributed by atoms with Crippen LogP contribution < -0.4 is 5.32 Å². The van der Waals surface area contributed by atoms with Crippen molar-refractivity contribution in [2.75, 3.05) is 0 Å². The molecule has 0 unspecified atom stereocenters. The molecule has 108 valence electrons. The molecule has 2 aromatic rings. The van der Waals surface area contributed by atoms with Crippen molar-refractivity contribution in [2.24, 2.45) is 0 Å². The molecule has 0 aliphatic heterocycles. The maximum absolute atomic E-state index is 12.2. The number of aromatic nitrogens is 4. The summed E-state index contributed by atoms with van der Waals surface area (Å²) < 4.78 is 3.69. The molecule has 0 atom stereocenters. The van der Waals surface area contributed by atoms with Crippen molar-refractivity contribution in [1.29, 1.82) is 0 Å². The first-order valence-corrected chi connectivity index (χ1v) is 6.90. The number of aryl methyl sites for hydroxylation is 3. The molecule has 0 bridgehead atoms. The smallest absolute Gasteiger partial charge is 0.255 e. The minimum atomic E-state index is -0.0918. The summed E-state index contributed by atoms with van der Waals surface area (Å²) in [6.07, 6.45) is 3.59. The highest BCUT2D eigenvalue weighted by atomic mass is 16.1. The van der Waals surface area contributed by atoms with Gasteiger partial charge in [0, 0.05) is 37.1 Å². The van der Waals surface area contributed by atoms with E-state index in [-0.39, 0.29) is 5.91 Å². The Bertz CT molecular complexity index is 611. The van der Waals surface area contributed by atoms with E-state index in [4.69, 9.17) is 0 Å².